The first-order valence-electron chi connectivity index (χ1n) is 5.19. The lowest BCUT2D eigenvalue weighted by atomic mass is 10.1. The zero-order valence-corrected chi connectivity index (χ0v) is 10.3. The van der Waals surface area contributed by atoms with E-state index in [4.69, 9.17) is 5.73 Å². The van der Waals surface area contributed by atoms with E-state index in [0.717, 1.165) is 10.7 Å². The molecule has 0 unspecified atom stereocenters. The molecule has 0 fully saturated rings. The third-order valence-corrected chi connectivity index (χ3v) is 3.14. The Kier molecular flexibility index (Phi) is 3.39. The molecule has 5 heteroatoms. The Balaban J connectivity index is 2.11. The van der Waals surface area contributed by atoms with Crippen LogP contribution < -0.4 is 11.1 Å². The van der Waals surface area contributed by atoms with E-state index in [-0.39, 0.29) is 5.78 Å². The molecule has 1 heterocycles. The van der Waals surface area contributed by atoms with Crippen molar-refractivity contribution < 1.29 is 4.79 Å². The average Bonchev–Trinajstić information content (AvgIpc) is 2.80. The Morgan fingerprint density at radius 1 is 1.53 bits per heavy atom. The molecule has 0 atom stereocenters. The maximum atomic E-state index is 11.3. The molecule has 0 aliphatic carbocycles. The summed E-state index contributed by atoms with van der Waals surface area (Å²) in [5.74, 6) is -0.0274. The summed E-state index contributed by atoms with van der Waals surface area (Å²) < 4.78 is 0. The molecule has 1 aromatic heterocycles. The van der Waals surface area contributed by atoms with Gasteiger partial charge in [0.1, 0.15) is 5.01 Å². The highest BCUT2D eigenvalue weighted by Gasteiger charge is 2.05. The molecule has 0 amide bonds. The van der Waals surface area contributed by atoms with Crippen molar-refractivity contribution in [1.29, 1.82) is 0 Å². The van der Waals surface area contributed by atoms with Crippen molar-refractivity contribution in [2.75, 3.05) is 11.1 Å². The molecule has 0 saturated heterocycles. The molecular formula is C12H13N3OS. The summed E-state index contributed by atoms with van der Waals surface area (Å²) in [4.78, 5) is 15.5. The summed E-state index contributed by atoms with van der Waals surface area (Å²) in [6, 6.07) is 5.36. The Morgan fingerprint density at radius 3 is 3.00 bits per heavy atom. The minimum atomic E-state index is -0.0274. The lowest BCUT2D eigenvalue weighted by molar-refractivity contribution is 0.101. The van der Waals surface area contributed by atoms with Gasteiger partial charge >= 0.3 is 0 Å². The number of hydrogen-bond acceptors (Lipinski definition) is 5. The smallest absolute Gasteiger partial charge is 0.161 e. The highest BCUT2D eigenvalue weighted by Crippen LogP contribution is 2.19. The second-order valence-electron chi connectivity index (χ2n) is 3.64. The highest BCUT2D eigenvalue weighted by molar-refractivity contribution is 7.09. The van der Waals surface area contributed by atoms with Gasteiger partial charge in [0.15, 0.2) is 5.78 Å². The summed E-state index contributed by atoms with van der Waals surface area (Å²) in [6.07, 6.45) is 1.77. The van der Waals surface area contributed by atoms with Gasteiger partial charge in [-0.3, -0.25) is 4.79 Å². The minimum Gasteiger partial charge on any atom is -0.398 e. The maximum absolute atomic E-state index is 11.3. The van der Waals surface area contributed by atoms with Crippen molar-refractivity contribution >= 4 is 28.5 Å². The van der Waals surface area contributed by atoms with Crippen molar-refractivity contribution in [3.05, 3.63) is 40.3 Å². The Hall–Kier alpha value is -1.88. The Labute approximate surface area is 103 Å². The largest absolute Gasteiger partial charge is 0.398 e. The topological polar surface area (TPSA) is 68.0 Å². The normalized spacial score (nSPS) is 10.2. The number of carbonyl (C=O) groups excluding carboxylic acids is 1. The summed E-state index contributed by atoms with van der Waals surface area (Å²) in [5, 5.41) is 6.15. The van der Waals surface area contributed by atoms with Gasteiger partial charge in [0, 0.05) is 28.5 Å². The van der Waals surface area contributed by atoms with Gasteiger partial charge < -0.3 is 11.1 Å². The van der Waals surface area contributed by atoms with Crippen LogP contribution >= 0.6 is 11.3 Å². The van der Waals surface area contributed by atoms with Crippen LogP contribution in [0.5, 0.6) is 0 Å². The number of anilines is 2. The van der Waals surface area contributed by atoms with Crippen molar-refractivity contribution in [3.8, 4) is 0 Å². The number of nitrogen functional groups attached to an aromatic ring is 1. The zero-order chi connectivity index (χ0) is 12.3. The number of carbonyl (C=O) groups is 1. The number of benzene rings is 1. The summed E-state index contributed by atoms with van der Waals surface area (Å²) >= 11 is 1.59. The van der Waals surface area contributed by atoms with Gasteiger partial charge in [-0.15, -0.1) is 11.3 Å². The van der Waals surface area contributed by atoms with Crippen LogP contribution in [0.2, 0.25) is 0 Å². The average molecular weight is 247 g/mol. The molecule has 0 saturated carbocycles. The monoisotopic (exact) mass is 247 g/mol. The number of nitrogens with zero attached hydrogens (tertiary/aromatic N) is 1. The number of ketones is 1. The number of Topliss-reactive ketones (excluding diaryl/α,β-unsaturated/α-hetero) is 1. The van der Waals surface area contributed by atoms with Crippen LogP contribution in [0, 0.1) is 0 Å². The van der Waals surface area contributed by atoms with Crippen molar-refractivity contribution in [3.63, 3.8) is 0 Å². The fourth-order valence-corrected chi connectivity index (χ4v) is 2.05. The summed E-state index contributed by atoms with van der Waals surface area (Å²) in [5.41, 5.74) is 7.66. The number of thiazole rings is 1. The van der Waals surface area contributed by atoms with Crippen molar-refractivity contribution in [1.82, 2.24) is 4.98 Å². The summed E-state index contributed by atoms with van der Waals surface area (Å²) in [6.45, 7) is 2.16. The van der Waals surface area contributed by atoms with Crippen LogP contribution in [0.4, 0.5) is 11.4 Å². The highest BCUT2D eigenvalue weighted by atomic mass is 32.1. The van der Waals surface area contributed by atoms with Crippen LogP contribution in [-0.2, 0) is 6.54 Å². The van der Waals surface area contributed by atoms with E-state index in [1.165, 1.54) is 6.92 Å². The van der Waals surface area contributed by atoms with Gasteiger partial charge in [0.05, 0.1) is 6.54 Å². The Morgan fingerprint density at radius 2 is 2.35 bits per heavy atom. The first kappa shape index (κ1) is 11.6. The van der Waals surface area contributed by atoms with E-state index in [0.29, 0.717) is 17.8 Å². The number of aromatic nitrogens is 1. The molecule has 0 bridgehead atoms. The molecular weight excluding hydrogens is 234 g/mol. The summed E-state index contributed by atoms with van der Waals surface area (Å²) in [7, 11) is 0. The number of rotatable bonds is 4. The molecule has 0 radical (unpaired) electrons. The van der Waals surface area contributed by atoms with Crippen molar-refractivity contribution in [2.45, 2.75) is 13.5 Å². The van der Waals surface area contributed by atoms with Gasteiger partial charge in [-0.05, 0) is 25.1 Å². The molecule has 3 N–H and O–H groups in total. The zero-order valence-electron chi connectivity index (χ0n) is 9.43. The van der Waals surface area contributed by atoms with E-state index in [1.807, 2.05) is 11.4 Å². The molecule has 0 spiro atoms. The molecule has 88 valence electrons. The quantitative estimate of drug-likeness (QED) is 0.643. The van der Waals surface area contributed by atoms with E-state index in [2.05, 4.69) is 10.3 Å². The Bertz CT molecular complexity index is 523. The lowest BCUT2D eigenvalue weighted by Gasteiger charge is -2.07. The fraction of sp³-hybridized carbons (Fsp3) is 0.167. The molecule has 4 nitrogen and oxygen atoms in total. The van der Waals surface area contributed by atoms with Gasteiger partial charge in [0.2, 0.25) is 0 Å². The number of nitrogens with two attached hydrogens (primary N) is 1. The van der Waals surface area contributed by atoms with Crippen LogP contribution in [-0.4, -0.2) is 10.8 Å². The van der Waals surface area contributed by atoms with Crippen LogP contribution in [0.3, 0.4) is 0 Å². The van der Waals surface area contributed by atoms with E-state index >= 15 is 0 Å². The van der Waals surface area contributed by atoms with Crippen LogP contribution in [0.15, 0.2) is 29.8 Å². The first-order chi connectivity index (χ1) is 8.16. The molecule has 1 aromatic carbocycles. The van der Waals surface area contributed by atoms with E-state index < -0.39 is 0 Å². The molecule has 17 heavy (non-hydrogen) atoms. The fourth-order valence-electron chi connectivity index (χ4n) is 1.49. The molecule has 2 aromatic rings. The predicted molar refractivity (Wildman–Crippen MR) is 70.3 cm³/mol. The van der Waals surface area contributed by atoms with E-state index in [1.54, 1.807) is 29.7 Å². The first-order valence-corrected chi connectivity index (χ1v) is 6.07. The maximum Gasteiger partial charge on any atom is 0.161 e. The third-order valence-electron chi connectivity index (χ3n) is 2.36. The van der Waals surface area contributed by atoms with Crippen LogP contribution in [0.1, 0.15) is 22.3 Å². The standard InChI is InChI=1S/C12H13N3OS/c1-8(16)10-6-9(2-3-11(10)13)15-7-12-14-4-5-17-12/h2-6,15H,7,13H2,1H3. The van der Waals surface area contributed by atoms with Gasteiger partial charge in [-0.2, -0.15) is 0 Å². The van der Waals surface area contributed by atoms with E-state index in [9.17, 15) is 4.79 Å². The molecule has 2 rings (SSSR count). The van der Waals surface area contributed by atoms with Gasteiger partial charge in [-0.25, -0.2) is 4.98 Å². The molecule has 0 aliphatic rings. The van der Waals surface area contributed by atoms with Gasteiger partial charge in [0.25, 0.3) is 0 Å². The molecule has 0 aliphatic heterocycles. The minimum absolute atomic E-state index is 0.0274. The number of nitrogens with one attached hydrogen (secondary N) is 1. The van der Waals surface area contributed by atoms with Crippen molar-refractivity contribution in [2.24, 2.45) is 0 Å². The van der Waals surface area contributed by atoms with Gasteiger partial charge in [-0.1, -0.05) is 0 Å². The second-order valence-corrected chi connectivity index (χ2v) is 4.62. The SMILES string of the molecule is CC(=O)c1cc(NCc2nccs2)ccc1N. The second kappa shape index (κ2) is 4.97. The van der Waals surface area contributed by atoms with Crippen LogP contribution in [0.25, 0.3) is 0 Å². The third kappa shape index (κ3) is 2.82. The number of hydrogen-bond donors (Lipinski definition) is 2. The lowest BCUT2D eigenvalue weighted by Crippen LogP contribution is -2.03. The predicted octanol–water partition coefficient (Wildman–Crippen LogP) is 2.54.